The standard InChI is InChI=1S/C22H26Cl2N2S/c1-17(26-11-6-4-2-3-5-7-12-26)19-13-18(14-25-15-19)16-27-22-20(23)9-8-10-21(22)24/h8-10,13-15H,1-7,11-12,16H2. The van der Waals surface area contributed by atoms with Gasteiger partial charge in [-0.25, -0.2) is 0 Å². The lowest BCUT2D eigenvalue weighted by molar-refractivity contribution is 0.386. The molecule has 0 radical (unpaired) electrons. The third kappa shape index (κ3) is 5.91. The van der Waals surface area contributed by atoms with Crippen LogP contribution in [0.2, 0.25) is 10.0 Å². The predicted molar refractivity (Wildman–Crippen MR) is 119 cm³/mol. The highest BCUT2D eigenvalue weighted by molar-refractivity contribution is 7.98. The summed E-state index contributed by atoms with van der Waals surface area (Å²) < 4.78 is 0. The maximum atomic E-state index is 6.28. The number of pyridine rings is 1. The molecule has 1 aromatic heterocycles. The summed E-state index contributed by atoms with van der Waals surface area (Å²) in [6.07, 6.45) is 11.7. The van der Waals surface area contributed by atoms with Crippen molar-refractivity contribution in [2.45, 2.75) is 49.2 Å². The lowest BCUT2D eigenvalue weighted by Gasteiger charge is -2.26. The van der Waals surface area contributed by atoms with Crippen molar-refractivity contribution in [3.05, 3.63) is 64.4 Å². The molecule has 0 N–H and O–H groups in total. The first-order chi connectivity index (χ1) is 13.1. The summed E-state index contributed by atoms with van der Waals surface area (Å²) in [5.41, 5.74) is 3.35. The van der Waals surface area contributed by atoms with Gasteiger partial charge in [0.2, 0.25) is 0 Å². The van der Waals surface area contributed by atoms with Gasteiger partial charge in [-0.2, -0.15) is 0 Å². The fourth-order valence-corrected chi connectivity index (χ4v) is 4.98. The third-order valence-electron chi connectivity index (χ3n) is 4.92. The minimum atomic E-state index is 0.692. The molecule has 144 valence electrons. The molecule has 0 spiro atoms. The fraction of sp³-hybridized carbons (Fsp3) is 0.409. The molecule has 5 heteroatoms. The molecular formula is C22H26Cl2N2S. The Morgan fingerprint density at radius 2 is 1.63 bits per heavy atom. The highest BCUT2D eigenvalue weighted by Gasteiger charge is 2.13. The molecule has 1 fully saturated rings. The SMILES string of the molecule is C=C(c1cncc(CSc2c(Cl)cccc2Cl)c1)N1CCCCCCCC1. The minimum Gasteiger partial charge on any atom is -0.371 e. The highest BCUT2D eigenvalue weighted by atomic mass is 35.5. The molecule has 0 aliphatic carbocycles. The van der Waals surface area contributed by atoms with Crippen molar-refractivity contribution in [1.82, 2.24) is 9.88 Å². The van der Waals surface area contributed by atoms with Crippen LogP contribution in [-0.4, -0.2) is 23.0 Å². The first-order valence-electron chi connectivity index (χ1n) is 9.60. The summed E-state index contributed by atoms with van der Waals surface area (Å²) in [5.74, 6) is 0.775. The minimum absolute atomic E-state index is 0.692. The summed E-state index contributed by atoms with van der Waals surface area (Å²) in [6.45, 7) is 6.56. The van der Waals surface area contributed by atoms with E-state index in [9.17, 15) is 0 Å². The first kappa shape index (κ1) is 20.6. The maximum Gasteiger partial charge on any atom is 0.0557 e. The molecule has 0 bridgehead atoms. The molecule has 0 unspecified atom stereocenters. The zero-order valence-corrected chi connectivity index (χ0v) is 17.9. The van der Waals surface area contributed by atoms with E-state index in [1.807, 2.05) is 30.6 Å². The Balaban J connectivity index is 1.68. The van der Waals surface area contributed by atoms with Crippen molar-refractivity contribution in [3.8, 4) is 0 Å². The number of hydrogen-bond donors (Lipinski definition) is 0. The van der Waals surface area contributed by atoms with Crippen LogP contribution in [0.3, 0.4) is 0 Å². The Labute approximate surface area is 177 Å². The van der Waals surface area contributed by atoms with Gasteiger partial charge in [-0.05, 0) is 36.6 Å². The van der Waals surface area contributed by atoms with Gasteiger partial charge in [0.05, 0.1) is 10.0 Å². The molecule has 0 saturated carbocycles. The van der Waals surface area contributed by atoms with Crippen LogP contribution in [0.5, 0.6) is 0 Å². The number of rotatable bonds is 5. The average Bonchev–Trinajstić information content (AvgIpc) is 2.81. The zero-order valence-electron chi connectivity index (χ0n) is 15.6. The van der Waals surface area contributed by atoms with Crippen molar-refractivity contribution < 1.29 is 0 Å². The van der Waals surface area contributed by atoms with Gasteiger partial charge in [0.1, 0.15) is 0 Å². The monoisotopic (exact) mass is 420 g/mol. The van der Waals surface area contributed by atoms with E-state index in [1.165, 1.54) is 38.5 Å². The lowest BCUT2D eigenvalue weighted by Crippen LogP contribution is -2.24. The van der Waals surface area contributed by atoms with Crippen molar-refractivity contribution in [3.63, 3.8) is 0 Å². The first-order valence-corrected chi connectivity index (χ1v) is 11.3. The van der Waals surface area contributed by atoms with Gasteiger partial charge in [-0.15, -0.1) is 11.8 Å². The number of halogens is 2. The van der Waals surface area contributed by atoms with Crippen LogP contribution in [0.4, 0.5) is 0 Å². The molecule has 0 atom stereocenters. The second kappa shape index (κ2) is 10.4. The molecule has 27 heavy (non-hydrogen) atoms. The average molecular weight is 421 g/mol. The Hall–Kier alpha value is -1.16. The maximum absolute atomic E-state index is 6.28. The number of benzene rings is 1. The van der Waals surface area contributed by atoms with Gasteiger partial charge >= 0.3 is 0 Å². The van der Waals surface area contributed by atoms with Crippen LogP contribution < -0.4 is 0 Å². The van der Waals surface area contributed by atoms with E-state index in [1.54, 1.807) is 11.8 Å². The van der Waals surface area contributed by atoms with E-state index in [0.29, 0.717) is 10.0 Å². The Bertz CT molecular complexity index is 748. The molecule has 3 rings (SSSR count). The Morgan fingerprint density at radius 3 is 2.30 bits per heavy atom. The Morgan fingerprint density at radius 1 is 1.00 bits per heavy atom. The fourth-order valence-electron chi connectivity index (χ4n) is 3.38. The van der Waals surface area contributed by atoms with E-state index in [0.717, 1.165) is 40.6 Å². The summed E-state index contributed by atoms with van der Waals surface area (Å²) in [5, 5.41) is 1.38. The topological polar surface area (TPSA) is 16.1 Å². The number of aromatic nitrogens is 1. The summed E-state index contributed by atoms with van der Waals surface area (Å²) in [7, 11) is 0. The zero-order chi connectivity index (χ0) is 19.1. The number of hydrogen-bond acceptors (Lipinski definition) is 3. The van der Waals surface area contributed by atoms with Gasteiger partial charge in [-0.3, -0.25) is 4.98 Å². The molecular weight excluding hydrogens is 395 g/mol. The van der Waals surface area contributed by atoms with Crippen molar-refractivity contribution >= 4 is 40.7 Å². The van der Waals surface area contributed by atoms with Gasteiger partial charge < -0.3 is 4.90 Å². The van der Waals surface area contributed by atoms with E-state index in [2.05, 4.69) is 22.5 Å². The summed E-state index contributed by atoms with van der Waals surface area (Å²) in [4.78, 5) is 7.81. The second-order valence-corrected chi connectivity index (χ2v) is 8.78. The van der Waals surface area contributed by atoms with Crippen molar-refractivity contribution in [2.24, 2.45) is 0 Å². The predicted octanol–water partition coefficient (Wildman–Crippen LogP) is 7.31. The third-order valence-corrected chi connectivity index (χ3v) is 6.98. The smallest absolute Gasteiger partial charge is 0.0557 e. The van der Waals surface area contributed by atoms with Crippen LogP contribution in [0.15, 0.2) is 48.1 Å². The van der Waals surface area contributed by atoms with E-state index >= 15 is 0 Å². The van der Waals surface area contributed by atoms with Crippen LogP contribution in [0, 0.1) is 0 Å². The van der Waals surface area contributed by atoms with Crippen LogP contribution in [0.1, 0.15) is 49.7 Å². The van der Waals surface area contributed by atoms with Gasteiger partial charge in [0, 0.05) is 47.4 Å². The molecule has 2 aromatic rings. The molecule has 1 saturated heterocycles. The number of nitrogens with zero attached hydrogens (tertiary/aromatic N) is 2. The largest absolute Gasteiger partial charge is 0.371 e. The highest BCUT2D eigenvalue weighted by Crippen LogP contribution is 2.36. The normalized spacial score (nSPS) is 15.7. The summed E-state index contributed by atoms with van der Waals surface area (Å²) in [6, 6.07) is 7.81. The van der Waals surface area contributed by atoms with Crippen molar-refractivity contribution in [1.29, 1.82) is 0 Å². The molecule has 1 aliphatic rings. The van der Waals surface area contributed by atoms with Gasteiger partial charge in [0.25, 0.3) is 0 Å². The molecule has 1 aromatic carbocycles. The number of thioether (sulfide) groups is 1. The quantitative estimate of drug-likeness (QED) is 0.471. The van der Waals surface area contributed by atoms with Gasteiger partial charge in [-0.1, -0.05) is 61.5 Å². The van der Waals surface area contributed by atoms with E-state index < -0.39 is 0 Å². The lowest BCUT2D eigenvalue weighted by atomic mass is 10.1. The van der Waals surface area contributed by atoms with E-state index in [-0.39, 0.29) is 0 Å². The molecule has 2 heterocycles. The van der Waals surface area contributed by atoms with E-state index in [4.69, 9.17) is 23.2 Å². The summed E-state index contributed by atoms with van der Waals surface area (Å²) >= 11 is 14.2. The Kier molecular flexibility index (Phi) is 7.93. The van der Waals surface area contributed by atoms with Crippen LogP contribution in [0.25, 0.3) is 5.70 Å². The molecule has 1 aliphatic heterocycles. The van der Waals surface area contributed by atoms with Crippen LogP contribution >= 0.6 is 35.0 Å². The van der Waals surface area contributed by atoms with Crippen LogP contribution in [-0.2, 0) is 5.75 Å². The van der Waals surface area contributed by atoms with Crippen molar-refractivity contribution in [2.75, 3.05) is 13.1 Å². The van der Waals surface area contributed by atoms with Gasteiger partial charge in [0.15, 0.2) is 0 Å². The molecule has 0 amide bonds. The second-order valence-electron chi connectivity index (χ2n) is 6.98. The molecule has 2 nitrogen and oxygen atoms in total.